The van der Waals surface area contributed by atoms with Gasteiger partial charge in [0.2, 0.25) is 0 Å². The Hall–Kier alpha value is -2.37. The summed E-state index contributed by atoms with van der Waals surface area (Å²) < 4.78 is 22.4. The predicted octanol–water partition coefficient (Wildman–Crippen LogP) is 2.30. The van der Waals surface area contributed by atoms with E-state index in [2.05, 4.69) is 4.98 Å². The van der Waals surface area contributed by atoms with Crippen LogP contribution in [-0.2, 0) is 0 Å². The van der Waals surface area contributed by atoms with Crippen LogP contribution in [0.15, 0.2) is 34.9 Å². The minimum Gasteiger partial charge on any atom is -0.476 e. The lowest BCUT2D eigenvalue weighted by atomic mass is 10.3. The Morgan fingerprint density at radius 1 is 1.38 bits per heavy atom. The van der Waals surface area contributed by atoms with E-state index in [9.17, 15) is 9.18 Å². The normalized spacial score (nSPS) is 10.1. The van der Waals surface area contributed by atoms with Crippen molar-refractivity contribution >= 4 is 5.97 Å². The molecule has 0 saturated carbocycles. The minimum atomic E-state index is -1.21. The predicted molar refractivity (Wildman–Crippen MR) is 49.9 cm³/mol. The molecule has 0 fully saturated rings. The Labute approximate surface area is 89.1 Å². The fourth-order valence-electron chi connectivity index (χ4n) is 1.01. The van der Waals surface area contributed by atoms with Crippen molar-refractivity contribution in [3.05, 3.63) is 42.0 Å². The van der Waals surface area contributed by atoms with E-state index in [-0.39, 0.29) is 11.8 Å². The molecule has 0 bridgehead atoms. The van der Waals surface area contributed by atoms with Crippen molar-refractivity contribution in [3.8, 4) is 11.8 Å². The molecular formula is C10H6FNO4. The molecule has 0 amide bonds. The molecule has 0 atom stereocenters. The van der Waals surface area contributed by atoms with E-state index >= 15 is 0 Å². The lowest BCUT2D eigenvalue weighted by Gasteiger charge is -1.98. The number of hydrogen-bond donors (Lipinski definition) is 1. The molecule has 82 valence electrons. The zero-order valence-electron chi connectivity index (χ0n) is 7.88. The number of aromatic nitrogens is 1. The second-order valence-corrected chi connectivity index (χ2v) is 2.86. The number of oxazole rings is 1. The standard InChI is InChI=1S/C10H6FNO4/c11-6-1-3-7(4-2-6)16-10-12-8(5-15-10)9(13)14/h1-5H,(H,13,14). The van der Waals surface area contributed by atoms with Crippen LogP contribution in [0.1, 0.15) is 10.5 Å². The van der Waals surface area contributed by atoms with E-state index in [4.69, 9.17) is 14.3 Å². The number of benzene rings is 1. The van der Waals surface area contributed by atoms with Crippen LogP contribution in [-0.4, -0.2) is 16.1 Å². The van der Waals surface area contributed by atoms with E-state index in [0.717, 1.165) is 6.26 Å². The van der Waals surface area contributed by atoms with E-state index in [1.165, 1.54) is 24.3 Å². The number of nitrogens with zero attached hydrogens (tertiary/aromatic N) is 1. The largest absolute Gasteiger partial charge is 0.476 e. The summed E-state index contributed by atoms with van der Waals surface area (Å²) in [6.45, 7) is 0. The molecule has 2 rings (SSSR count). The number of ether oxygens (including phenoxy) is 1. The molecule has 16 heavy (non-hydrogen) atoms. The van der Waals surface area contributed by atoms with Gasteiger partial charge in [0.15, 0.2) is 5.69 Å². The summed E-state index contributed by atoms with van der Waals surface area (Å²) in [7, 11) is 0. The molecular weight excluding hydrogens is 217 g/mol. The van der Waals surface area contributed by atoms with Crippen molar-refractivity contribution < 1.29 is 23.4 Å². The molecule has 1 aromatic heterocycles. The van der Waals surface area contributed by atoms with Crippen molar-refractivity contribution in [2.24, 2.45) is 0 Å². The number of hydrogen-bond acceptors (Lipinski definition) is 4. The van der Waals surface area contributed by atoms with Gasteiger partial charge in [0.25, 0.3) is 0 Å². The fraction of sp³-hybridized carbons (Fsp3) is 0. The molecule has 0 unspecified atom stereocenters. The van der Waals surface area contributed by atoms with Crippen molar-refractivity contribution in [1.29, 1.82) is 0 Å². The number of aromatic carboxylic acids is 1. The van der Waals surface area contributed by atoms with Gasteiger partial charge < -0.3 is 14.3 Å². The summed E-state index contributed by atoms with van der Waals surface area (Å²) in [5, 5.41) is 8.57. The van der Waals surface area contributed by atoms with Gasteiger partial charge in [-0.1, -0.05) is 0 Å². The van der Waals surface area contributed by atoms with Crippen molar-refractivity contribution in [2.75, 3.05) is 0 Å². The maximum absolute atomic E-state index is 12.6. The van der Waals surface area contributed by atoms with Crippen LogP contribution in [0.4, 0.5) is 4.39 Å². The van der Waals surface area contributed by atoms with Gasteiger partial charge in [-0.15, -0.1) is 0 Å². The van der Waals surface area contributed by atoms with Gasteiger partial charge in [-0.3, -0.25) is 0 Å². The smallest absolute Gasteiger partial charge is 0.399 e. The highest BCUT2D eigenvalue weighted by Gasteiger charge is 2.11. The van der Waals surface area contributed by atoms with E-state index in [0.29, 0.717) is 5.75 Å². The van der Waals surface area contributed by atoms with Crippen molar-refractivity contribution in [2.45, 2.75) is 0 Å². The molecule has 1 N–H and O–H groups in total. The Kier molecular flexibility index (Phi) is 2.55. The first kappa shape index (κ1) is 10.2. The number of carboxylic acid groups (broad SMARTS) is 1. The number of carboxylic acids is 1. The molecule has 1 aromatic carbocycles. The third kappa shape index (κ3) is 2.17. The van der Waals surface area contributed by atoms with Crippen LogP contribution in [0, 0.1) is 5.82 Å². The third-order valence-electron chi connectivity index (χ3n) is 1.72. The van der Waals surface area contributed by atoms with Crippen molar-refractivity contribution in [1.82, 2.24) is 4.98 Å². The molecule has 0 aliphatic carbocycles. The van der Waals surface area contributed by atoms with Gasteiger partial charge in [0.05, 0.1) is 0 Å². The molecule has 1 heterocycles. The van der Waals surface area contributed by atoms with E-state index in [1.807, 2.05) is 0 Å². The first-order chi connectivity index (χ1) is 7.65. The summed E-state index contributed by atoms with van der Waals surface area (Å²) in [6, 6.07) is 5.16. The molecule has 6 heteroatoms. The number of carbonyl (C=O) groups is 1. The first-order valence-electron chi connectivity index (χ1n) is 4.27. The van der Waals surface area contributed by atoms with Gasteiger partial charge in [0, 0.05) is 0 Å². The summed E-state index contributed by atoms with van der Waals surface area (Å²) in [6.07, 6.45) is 0.755. The van der Waals surface area contributed by atoms with Gasteiger partial charge >= 0.3 is 12.0 Å². The Bertz CT molecular complexity index is 506. The van der Waals surface area contributed by atoms with Crippen LogP contribution in [0.5, 0.6) is 11.8 Å². The quantitative estimate of drug-likeness (QED) is 0.864. The van der Waals surface area contributed by atoms with Gasteiger partial charge in [-0.2, -0.15) is 4.98 Å². The van der Waals surface area contributed by atoms with E-state index < -0.39 is 11.8 Å². The maximum Gasteiger partial charge on any atom is 0.399 e. The molecule has 0 aliphatic heterocycles. The van der Waals surface area contributed by atoms with Gasteiger partial charge in [-0.05, 0) is 24.3 Å². The molecule has 5 nitrogen and oxygen atoms in total. The summed E-state index contributed by atoms with van der Waals surface area (Å²) in [4.78, 5) is 14.0. The molecule has 0 spiro atoms. The van der Waals surface area contributed by atoms with Gasteiger partial charge in [0.1, 0.15) is 17.8 Å². The van der Waals surface area contributed by atoms with Gasteiger partial charge in [-0.25, -0.2) is 9.18 Å². The lowest BCUT2D eigenvalue weighted by Crippen LogP contribution is -1.95. The first-order valence-corrected chi connectivity index (χ1v) is 4.27. The molecule has 0 radical (unpaired) electrons. The highest BCUT2D eigenvalue weighted by molar-refractivity contribution is 5.84. The highest BCUT2D eigenvalue weighted by atomic mass is 19.1. The average Bonchev–Trinajstić information content (AvgIpc) is 2.70. The van der Waals surface area contributed by atoms with Crippen LogP contribution in [0.3, 0.4) is 0 Å². The summed E-state index contributed by atoms with van der Waals surface area (Å²) in [5.74, 6) is -1.30. The topological polar surface area (TPSA) is 72.6 Å². The Morgan fingerprint density at radius 3 is 2.62 bits per heavy atom. The van der Waals surface area contributed by atoms with Crippen LogP contribution >= 0.6 is 0 Å². The monoisotopic (exact) mass is 223 g/mol. The number of halogens is 1. The lowest BCUT2D eigenvalue weighted by molar-refractivity contribution is 0.0690. The second kappa shape index (κ2) is 4.01. The van der Waals surface area contributed by atoms with Crippen LogP contribution in [0.25, 0.3) is 0 Å². The Morgan fingerprint density at radius 2 is 2.06 bits per heavy atom. The fourth-order valence-corrected chi connectivity index (χ4v) is 1.01. The maximum atomic E-state index is 12.6. The van der Waals surface area contributed by atoms with Crippen LogP contribution in [0.2, 0.25) is 0 Å². The average molecular weight is 223 g/mol. The Balaban J connectivity index is 2.14. The van der Waals surface area contributed by atoms with E-state index in [1.54, 1.807) is 0 Å². The second-order valence-electron chi connectivity index (χ2n) is 2.86. The molecule has 0 aliphatic rings. The number of rotatable bonds is 3. The SMILES string of the molecule is O=C(O)c1coc(Oc2ccc(F)cc2)n1. The summed E-state index contributed by atoms with van der Waals surface area (Å²) >= 11 is 0. The zero-order chi connectivity index (χ0) is 11.5. The molecule has 2 aromatic rings. The highest BCUT2D eigenvalue weighted by Crippen LogP contribution is 2.20. The molecule has 0 saturated heterocycles. The summed E-state index contributed by atoms with van der Waals surface area (Å²) in [5.41, 5.74) is -0.253. The van der Waals surface area contributed by atoms with Crippen molar-refractivity contribution in [3.63, 3.8) is 0 Å². The van der Waals surface area contributed by atoms with Crippen LogP contribution < -0.4 is 4.74 Å². The minimum absolute atomic E-state index is 0.205. The zero-order valence-corrected chi connectivity index (χ0v) is 7.88. The third-order valence-corrected chi connectivity index (χ3v) is 1.72.